The van der Waals surface area contributed by atoms with Crippen LogP contribution < -0.4 is 10.1 Å². The average Bonchev–Trinajstić information content (AvgIpc) is 2.61. The summed E-state index contributed by atoms with van der Waals surface area (Å²) in [6, 6.07) is 10.3. The van der Waals surface area contributed by atoms with Crippen molar-refractivity contribution in [3.05, 3.63) is 63.9 Å². The second kappa shape index (κ2) is 9.40. The Kier molecular flexibility index (Phi) is 7.24. The van der Waals surface area contributed by atoms with Gasteiger partial charge in [-0.1, -0.05) is 41.4 Å². The molecule has 0 heterocycles. The topological polar surface area (TPSA) is 64.6 Å². The zero-order valence-corrected chi connectivity index (χ0v) is 15.3. The second-order valence-corrected chi connectivity index (χ2v) is 6.16. The van der Waals surface area contributed by atoms with Crippen molar-refractivity contribution < 1.29 is 23.5 Å². The first-order valence-electron chi connectivity index (χ1n) is 7.64. The summed E-state index contributed by atoms with van der Waals surface area (Å²) in [5.41, 5.74) is 0.752. The highest BCUT2D eigenvalue weighted by Crippen LogP contribution is 2.25. The molecule has 0 fully saturated rings. The molecule has 1 amide bonds. The highest BCUT2D eigenvalue weighted by molar-refractivity contribution is 6.42. The number of hydrogen-bond donors (Lipinski definition) is 1. The van der Waals surface area contributed by atoms with E-state index >= 15 is 0 Å². The first-order chi connectivity index (χ1) is 12.4. The fraction of sp³-hybridized carbons (Fsp3) is 0.222. The van der Waals surface area contributed by atoms with Crippen molar-refractivity contribution in [2.24, 2.45) is 0 Å². The van der Waals surface area contributed by atoms with Crippen LogP contribution in [0.25, 0.3) is 0 Å². The summed E-state index contributed by atoms with van der Waals surface area (Å²) in [5, 5.41) is 3.45. The van der Waals surface area contributed by atoms with Crippen molar-refractivity contribution in [1.29, 1.82) is 0 Å². The molecule has 1 N–H and O–H groups in total. The van der Waals surface area contributed by atoms with E-state index in [-0.39, 0.29) is 11.8 Å². The Hall–Kier alpha value is -2.31. The highest BCUT2D eigenvalue weighted by Gasteiger charge is 2.14. The monoisotopic (exact) mass is 399 g/mol. The van der Waals surface area contributed by atoms with Crippen LogP contribution in [0.4, 0.5) is 4.39 Å². The maximum atomic E-state index is 13.4. The van der Waals surface area contributed by atoms with E-state index in [1.165, 1.54) is 18.2 Å². The summed E-state index contributed by atoms with van der Waals surface area (Å²) < 4.78 is 23.1. The van der Waals surface area contributed by atoms with Crippen molar-refractivity contribution in [3.63, 3.8) is 0 Å². The van der Waals surface area contributed by atoms with Crippen molar-refractivity contribution in [1.82, 2.24) is 5.32 Å². The third kappa shape index (κ3) is 5.89. The van der Waals surface area contributed by atoms with E-state index in [4.69, 9.17) is 32.7 Å². The number of amides is 1. The van der Waals surface area contributed by atoms with Gasteiger partial charge in [-0.25, -0.2) is 9.18 Å². The molecule has 5 nitrogen and oxygen atoms in total. The molecule has 0 spiro atoms. The van der Waals surface area contributed by atoms with Gasteiger partial charge in [0.05, 0.1) is 16.1 Å². The summed E-state index contributed by atoms with van der Waals surface area (Å²) in [6.45, 7) is 0.766. The van der Waals surface area contributed by atoms with E-state index in [0.29, 0.717) is 10.0 Å². The molecule has 0 bridgehead atoms. The standard InChI is InChI=1S/C18H16Cl2FNO4/c1-11(12-6-7-13(19)14(20)8-12)22-17(23)9-26-18(24)10-25-16-5-3-2-4-15(16)21/h2-8,11H,9-10H2,1H3,(H,22,23). The van der Waals surface area contributed by atoms with Crippen molar-refractivity contribution in [2.45, 2.75) is 13.0 Å². The van der Waals surface area contributed by atoms with E-state index in [0.717, 1.165) is 5.56 Å². The number of nitrogens with one attached hydrogen (secondary N) is 1. The van der Waals surface area contributed by atoms with Gasteiger partial charge in [0.2, 0.25) is 0 Å². The predicted octanol–water partition coefficient (Wildman–Crippen LogP) is 3.93. The summed E-state index contributed by atoms with van der Waals surface area (Å²) in [5.74, 6) is -1.94. The fourth-order valence-corrected chi connectivity index (χ4v) is 2.34. The normalized spacial score (nSPS) is 11.5. The fourth-order valence-electron chi connectivity index (χ4n) is 2.03. The number of carbonyl (C=O) groups excluding carboxylic acids is 2. The summed E-state index contributed by atoms with van der Waals surface area (Å²) in [4.78, 5) is 23.5. The number of rotatable bonds is 7. The largest absolute Gasteiger partial charge is 0.479 e. The Morgan fingerprint density at radius 3 is 2.54 bits per heavy atom. The lowest BCUT2D eigenvalue weighted by atomic mass is 10.1. The number of benzene rings is 2. The lowest BCUT2D eigenvalue weighted by Gasteiger charge is -2.15. The summed E-state index contributed by atoms with van der Waals surface area (Å²) in [7, 11) is 0. The van der Waals surface area contributed by atoms with Gasteiger partial charge in [0.1, 0.15) is 0 Å². The molecule has 0 saturated heterocycles. The average molecular weight is 400 g/mol. The summed E-state index contributed by atoms with van der Waals surface area (Å²) >= 11 is 11.8. The van der Waals surface area contributed by atoms with Crippen molar-refractivity contribution >= 4 is 35.1 Å². The molecule has 2 aromatic carbocycles. The minimum absolute atomic E-state index is 0.0675. The molecule has 0 aliphatic rings. The molecule has 0 aromatic heterocycles. The first kappa shape index (κ1) is 20.0. The lowest BCUT2D eigenvalue weighted by molar-refractivity contribution is -0.150. The van der Waals surface area contributed by atoms with Gasteiger partial charge in [0.25, 0.3) is 5.91 Å². The molecular formula is C18H16Cl2FNO4. The van der Waals surface area contributed by atoms with Crippen LogP contribution in [0.1, 0.15) is 18.5 Å². The van der Waals surface area contributed by atoms with Crippen LogP contribution >= 0.6 is 23.2 Å². The van der Waals surface area contributed by atoms with Gasteiger partial charge < -0.3 is 14.8 Å². The minimum atomic E-state index is -0.786. The van der Waals surface area contributed by atoms with E-state index in [1.807, 2.05) is 0 Å². The molecular weight excluding hydrogens is 384 g/mol. The minimum Gasteiger partial charge on any atom is -0.479 e. The Morgan fingerprint density at radius 1 is 1.12 bits per heavy atom. The Morgan fingerprint density at radius 2 is 1.85 bits per heavy atom. The number of hydrogen-bond acceptors (Lipinski definition) is 4. The molecule has 2 rings (SSSR count). The molecule has 0 saturated carbocycles. The number of halogens is 3. The zero-order valence-electron chi connectivity index (χ0n) is 13.8. The van der Waals surface area contributed by atoms with Gasteiger partial charge in [0, 0.05) is 0 Å². The van der Waals surface area contributed by atoms with Gasteiger partial charge in [-0.15, -0.1) is 0 Å². The zero-order chi connectivity index (χ0) is 19.1. The Bertz CT molecular complexity index is 801. The van der Waals surface area contributed by atoms with Crippen molar-refractivity contribution in [2.75, 3.05) is 13.2 Å². The quantitative estimate of drug-likeness (QED) is 0.716. The number of ether oxygens (including phenoxy) is 2. The lowest BCUT2D eigenvalue weighted by Crippen LogP contribution is -2.32. The van der Waals surface area contributed by atoms with Crippen LogP contribution in [0.15, 0.2) is 42.5 Å². The van der Waals surface area contributed by atoms with E-state index in [9.17, 15) is 14.0 Å². The van der Waals surface area contributed by atoms with Crippen LogP contribution in [0, 0.1) is 5.82 Å². The second-order valence-electron chi connectivity index (χ2n) is 5.34. The maximum Gasteiger partial charge on any atom is 0.344 e. The smallest absolute Gasteiger partial charge is 0.344 e. The van der Waals surface area contributed by atoms with E-state index in [1.54, 1.807) is 31.2 Å². The Labute approximate surface area is 160 Å². The van der Waals surface area contributed by atoms with Crippen LogP contribution in [0.2, 0.25) is 10.0 Å². The van der Waals surface area contributed by atoms with Crippen LogP contribution in [0.3, 0.4) is 0 Å². The molecule has 0 aliphatic heterocycles. The van der Waals surface area contributed by atoms with E-state index in [2.05, 4.69) is 5.32 Å². The molecule has 1 atom stereocenters. The van der Waals surface area contributed by atoms with Gasteiger partial charge in [-0.2, -0.15) is 0 Å². The van der Waals surface area contributed by atoms with Gasteiger partial charge in [-0.3, -0.25) is 4.79 Å². The Balaban J connectivity index is 1.76. The molecule has 8 heteroatoms. The van der Waals surface area contributed by atoms with Crippen LogP contribution in [-0.4, -0.2) is 25.1 Å². The number of para-hydroxylation sites is 1. The van der Waals surface area contributed by atoms with Gasteiger partial charge >= 0.3 is 5.97 Å². The molecule has 0 radical (unpaired) electrons. The highest BCUT2D eigenvalue weighted by atomic mass is 35.5. The third-order valence-electron chi connectivity index (χ3n) is 3.37. The molecule has 26 heavy (non-hydrogen) atoms. The number of esters is 1. The summed E-state index contributed by atoms with van der Waals surface area (Å²) in [6.07, 6.45) is 0. The maximum absolute atomic E-state index is 13.4. The molecule has 138 valence electrons. The molecule has 2 aromatic rings. The SMILES string of the molecule is CC(NC(=O)COC(=O)COc1ccccc1F)c1ccc(Cl)c(Cl)c1. The van der Waals surface area contributed by atoms with Gasteiger partial charge in [-0.05, 0) is 36.8 Å². The number of carbonyl (C=O) groups is 2. The van der Waals surface area contributed by atoms with E-state index < -0.39 is 30.9 Å². The predicted molar refractivity (Wildman–Crippen MR) is 95.9 cm³/mol. The molecule has 1 unspecified atom stereocenters. The van der Waals surface area contributed by atoms with Crippen LogP contribution in [0.5, 0.6) is 5.75 Å². The molecule has 0 aliphatic carbocycles. The third-order valence-corrected chi connectivity index (χ3v) is 4.11. The van der Waals surface area contributed by atoms with Crippen molar-refractivity contribution in [3.8, 4) is 5.75 Å². The first-order valence-corrected chi connectivity index (χ1v) is 8.39. The van der Waals surface area contributed by atoms with Gasteiger partial charge in [0.15, 0.2) is 24.8 Å². The van der Waals surface area contributed by atoms with Crippen LogP contribution in [-0.2, 0) is 14.3 Å².